The smallest absolute Gasteiger partial charge is 0.306 e. The monoisotopic (exact) mass is 451 g/mol. The van der Waals surface area contributed by atoms with Gasteiger partial charge in [0.25, 0.3) is 0 Å². The van der Waals surface area contributed by atoms with Gasteiger partial charge in [-0.05, 0) is 56.7 Å². The van der Waals surface area contributed by atoms with E-state index >= 15 is 0 Å². The molecular weight excluding hydrogens is 424 g/mol. The topological polar surface area (TPSA) is 40.5 Å². The first kappa shape index (κ1) is 22.5. The fraction of sp³-hybridized carbons (Fsp3) is 0.231. The summed E-state index contributed by atoms with van der Waals surface area (Å²) in [5.41, 5.74) is 4.31. The summed E-state index contributed by atoms with van der Waals surface area (Å²) in [6.07, 6.45) is 0.578. The summed E-state index contributed by atoms with van der Waals surface area (Å²) in [6.45, 7) is 5.99. The van der Waals surface area contributed by atoms with Gasteiger partial charge in [0, 0.05) is 28.6 Å². The predicted octanol–water partition coefficient (Wildman–Crippen LogP) is 6.56. The number of aryl methyl sites for hydroxylation is 1. The molecule has 6 heteroatoms. The van der Waals surface area contributed by atoms with Gasteiger partial charge >= 0.3 is 7.60 Å². The third kappa shape index (κ3) is 4.29. The molecule has 0 aliphatic carbocycles. The lowest BCUT2D eigenvalue weighted by atomic mass is 10.1. The van der Waals surface area contributed by atoms with E-state index in [2.05, 4.69) is 0 Å². The molecule has 32 heavy (non-hydrogen) atoms. The van der Waals surface area contributed by atoms with Crippen LogP contribution in [0.2, 0.25) is 0 Å². The van der Waals surface area contributed by atoms with Crippen LogP contribution in [0.15, 0.2) is 72.8 Å². The van der Waals surface area contributed by atoms with Gasteiger partial charge < -0.3 is 13.6 Å². The zero-order valence-electron chi connectivity index (χ0n) is 18.5. The number of hydrogen-bond donors (Lipinski definition) is 0. The Morgan fingerprint density at radius 2 is 1.53 bits per heavy atom. The average Bonchev–Trinajstić information content (AvgIpc) is 3.09. The van der Waals surface area contributed by atoms with E-state index in [1.54, 1.807) is 19.9 Å². The van der Waals surface area contributed by atoms with Crippen molar-refractivity contribution in [1.29, 1.82) is 0 Å². The molecule has 0 radical (unpaired) electrons. The van der Waals surface area contributed by atoms with E-state index in [0.717, 1.165) is 27.9 Å². The van der Waals surface area contributed by atoms with Gasteiger partial charge in [-0.15, -0.1) is 0 Å². The van der Waals surface area contributed by atoms with Crippen molar-refractivity contribution in [2.45, 2.75) is 27.2 Å². The van der Waals surface area contributed by atoms with Crippen LogP contribution in [0, 0.1) is 12.7 Å². The highest BCUT2D eigenvalue weighted by Crippen LogP contribution is 2.50. The van der Waals surface area contributed by atoms with Gasteiger partial charge in [0.15, 0.2) is 0 Å². The minimum absolute atomic E-state index is 0.210. The quantitative estimate of drug-likeness (QED) is 0.285. The lowest BCUT2D eigenvalue weighted by molar-refractivity contribution is 0.229. The second kappa shape index (κ2) is 9.41. The first-order chi connectivity index (χ1) is 15.5. The summed E-state index contributed by atoms with van der Waals surface area (Å²) < 4.78 is 41.9. The Labute approximate surface area is 188 Å². The third-order valence-corrected chi connectivity index (χ3v) is 7.54. The van der Waals surface area contributed by atoms with Gasteiger partial charge in [-0.2, -0.15) is 0 Å². The van der Waals surface area contributed by atoms with Crippen molar-refractivity contribution in [3.05, 3.63) is 95.4 Å². The van der Waals surface area contributed by atoms with Gasteiger partial charge in [-0.3, -0.25) is 4.57 Å². The molecule has 0 fully saturated rings. The minimum atomic E-state index is -3.74. The fourth-order valence-corrected chi connectivity index (χ4v) is 5.99. The molecule has 1 heterocycles. The number of aromatic nitrogens is 1. The SMILES string of the molecule is CCOP(=O)(OCC)c1c2cc(F)ccc2c(Cc2ccccc2)n1-c1ccc(C)cc1. The molecule has 166 valence electrons. The average molecular weight is 451 g/mol. The predicted molar refractivity (Wildman–Crippen MR) is 128 cm³/mol. The summed E-state index contributed by atoms with van der Waals surface area (Å²) in [5, 5.41) is 1.37. The van der Waals surface area contributed by atoms with E-state index in [1.165, 1.54) is 12.1 Å². The van der Waals surface area contributed by atoms with Crippen LogP contribution in [0.25, 0.3) is 16.5 Å². The van der Waals surface area contributed by atoms with Crippen LogP contribution < -0.4 is 5.44 Å². The number of hydrogen-bond acceptors (Lipinski definition) is 3. The number of fused-ring (bicyclic) bond motifs is 1. The van der Waals surface area contributed by atoms with Crippen LogP contribution in [0.4, 0.5) is 4.39 Å². The first-order valence-corrected chi connectivity index (χ1v) is 12.3. The molecule has 4 nitrogen and oxygen atoms in total. The van der Waals surface area contributed by atoms with Gasteiger partial charge in [0.2, 0.25) is 0 Å². The summed E-state index contributed by atoms with van der Waals surface area (Å²) in [7, 11) is -3.74. The molecule has 0 amide bonds. The van der Waals surface area contributed by atoms with Crippen LogP contribution in [-0.2, 0) is 20.0 Å². The van der Waals surface area contributed by atoms with E-state index < -0.39 is 13.4 Å². The number of benzene rings is 3. The highest BCUT2D eigenvalue weighted by molar-refractivity contribution is 7.62. The maximum Gasteiger partial charge on any atom is 0.378 e. The maximum absolute atomic E-state index is 14.4. The van der Waals surface area contributed by atoms with Crippen LogP contribution in [0.1, 0.15) is 30.7 Å². The largest absolute Gasteiger partial charge is 0.378 e. The number of rotatable bonds is 8. The Morgan fingerprint density at radius 3 is 2.16 bits per heavy atom. The molecule has 0 spiro atoms. The minimum Gasteiger partial charge on any atom is -0.306 e. The van der Waals surface area contributed by atoms with Crippen LogP contribution >= 0.6 is 7.60 Å². The number of nitrogens with zero attached hydrogens (tertiary/aromatic N) is 1. The van der Waals surface area contributed by atoms with E-state index in [9.17, 15) is 8.96 Å². The second-order valence-corrected chi connectivity index (χ2v) is 9.56. The normalized spacial score (nSPS) is 11.9. The van der Waals surface area contributed by atoms with Crippen molar-refractivity contribution in [3.8, 4) is 5.69 Å². The number of halogens is 1. The Kier molecular flexibility index (Phi) is 6.61. The zero-order chi connectivity index (χ0) is 22.7. The van der Waals surface area contributed by atoms with Crippen LogP contribution in [-0.4, -0.2) is 17.8 Å². The van der Waals surface area contributed by atoms with Crippen molar-refractivity contribution < 1.29 is 18.0 Å². The second-order valence-electron chi connectivity index (χ2n) is 7.63. The van der Waals surface area contributed by atoms with Gasteiger partial charge in [-0.25, -0.2) is 4.39 Å². The summed E-state index contributed by atoms with van der Waals surface area (Å²) in [5.74, 6) is -0.398. The molecule has 0 aliphatic rings. The molecular formula is C26H27FNO3P. The molecule has 0 aliphatic heterocycles. The standard InChI is InChI=1S/C26H27FNO3P/c1-4-30-32(29,31-5-2)26-24-18-21(27)13-16-23(24)25(17-20-9-7-6-8-10-20)28(26)22-14-11-19(3)12-15-22/h6-16,18H,4-5,17H2,1-3H3. The van der Waals surface area contributed by atoms with Gasteiger partial charge in [-0.1, -0.05) is 48.0 Å². The Balaban J connectivity index is 2.10. The molecule has 1 aromatic heterocycles. The van der Waals surface area contributed by atoms with Gasteiger partial charge in [0.05, 0.1) is 13.2 Å². The lowest BCUT2D eigenvalue weighted by Crippen LogP contribution is -2.21. The molecule has 0 saturated carbocycles. The van der Waals surface area contributed by atoms with E-state index in [4.69, 9.17) is 9.05 Å². The molecule has 4 rings (SSSR count). The zero-order valence-corrected chi connectivity index (χ0v) is 19.4. The molecule has 0 bridgehead atoms. The van der Waals surface area contributed by atoms with Crippen molar-refractivity contribution in [2.24, 2.45) is 0 Å². The summed E-state index contributed by atoms with van der Waals surface area (Å²) >= 11 is 0. The molecule has 4 aromatic rings. The van der Waals surface area contributed by atoms with Crippen molar-refractivity contribution in [2.75, 3.05) is 13.2 Å². The lowest BCUT2D eigenvalue weighted by Gasteiger charge is -2.21. The molecule has 0 saturated heterocycles. The Bertz CT molecular complexity index is 1260. The van der Waals surface area contributed by atoms with E-state index in [-0.39, 0.29) is 13.2 Å². The van der Waals surface area contributed by atoms with Crippen LogP contribution in [0.5, 0.6) is 0 Å². The molecule has 0 unspecified atom stereocenters. The summed E-state index contributed by atoms with van der Waals surface area (Å²) in [4.78, 5) is 0. The first-order valence-electron chi connectivity index (χ1n) is 10.8. The third-order valence-electron chi connectivity index (χ3n) is 5.38. The van der Waals surface area contributed by atoms with E-state index in [1.807, 2.05) is 66.1 Å². The van der Waals surface area contributed by atoms with Gasteiger partial charge in [0.1, 0.15) is 11.3 Å². The highest BCUT2D eigenvalue weighted by Gasteiger charge is 2.36. The molecule has 0 N–H and O–H groups in total. The van der Waals surface area contributed by atoms with Crippen LogP contribution in [0.3, 0.4) is 0 Å². The molecule has 0 atom stereocenters. The summed E-state index contributed by atoms with van der Waals surface area (Å²) in [6, 6.07) is 22.6. The van der Waals surface area contributed by atoms with Crippen molar-refractivity contribution >= 4 is 23.8 Å². The van der Waals surface area contributed by atoms with Crippen molar-refractivity contribution in [1.82, 2.24) is 4.57 Å². The maximum atomic E-state index is 14.4. The van der Waals surface area contributed by atoms with E-state index in [0.29, 0.717) is 17.2 Å². The Morgan fingerprint density at radius 1 is 0.875 bits per heavy atom. The Hall–Kier alpha value is -2.72. The highest BCUT2D eigenvalue weighted by atomic mass is 31.2. The van der Waals surface area contributed by atoms with Crippen molar-refractivity contribution in [3.63, 3.8) is 0 Å². The fourth-order valence-electron chi connectivity index (χ4n) is 4.03. The molecule has 3 aromatic carbocycles.